The van der Waals surface area contributed by atoms with Gasteiger partial charge in [-0.05, 0) is 26.1 Å². The van der Waals surface area contributed by atoms with Crippen LogP contribution in [0.4, 0.5) is 22.7 Å². The van der Waals surface area contributed by atoms with E-state index in [1.54, 1.807) is 4.90 Å². The zero-order chi connectivity index (χ0) is 27.2. The van der Waals surface area contributed by atoms with E-state index in [2.05, 4.69) is 4.90 Å². The highest BCUT2D eigenvalue weighted by atomic mass is 16.6. The van der Waals surface area contributed by atoms with E-state index in [0.717, 1.165) is 29.0 Å². The molecule has 15 nitrogen and oxygen atoms in total. The van der Waals surface area contributed by atoms with Gasteiger partial charge in [-0.3, -0.25) is 35.1 Å². The first kappa shape index (κ1) is 25.2. The molecular formula is C22H20N6O9. The Morgan fingerprint density at radius 3 is 2.19 bits per heavy atom. The fourth-order valence-electron chi connectivity index (χ4n) is 4.34. The summed E-state index contributed by atoms with van der Waals surface area (Å²) in [6.07, 6.45) is 0.878. The third-order valence-corrected chi connectivity index (χ3v) is 6.45. The van der Waals surface area contributed by atoms with Crippen LogP contribution in [0.1, 0.15) is 17.3 Å². The number of carbonyl (C=O) groups is 1. The highest BCUT2D eigenvalue weighted by Crippen LogP contribution is 2.36. The van der Waals surface area contributed by atoms with E-state index in [1.165, 1.54) is 6.07 Å². The van der Waals surface area contributed by atoms with Gasteiger partial charge in [0, 0.05) is 44.0 Å². The lowest BCUT2D eigenvalue weighted by atomic mass is 10.1. The average Bonchev–Trinajstić information content (AvgIpc) is 2.84. The highest BCUT2D eigenvalue weighted by molar-refractivity contribution is 5.96. The first-order chi connectivity index (χ1) is 17.4. The predicted molar refractivity (Wildman–Crippen MR) is 131 cm³/mol. The minimum atomic E-state index is -1.65. The maximum atomic E-state index is 13.0. The number of rotatable bonds is 6. The van der Waals surface area contributed by atoms with Crippen molar-refractivity contribution in [3.05, 3.63) is 82.7 Å². The van der Waals surface area contributed by atoms with Gasteiger partial charge < -0.3 is 19.5 Å². The number of benzene rings is 2. The van der Waals surface area contributed by atoms with Crippen LogP contribution in [0.2, 0.25) is 0 Å². The minimum Gasteiger partial charge on any atom is -0.477 e. The Balaban J connectivity index is 2.10. The van der Waals surface area contributed by atoms with E-state index in [-0.39, 0.29) is 28.3 Å². The lowest BCUT2D eigenvalue weighted by Gasteiger charge is -2.38. The molecule has 0 radical (unpaired) electrons. The van der Waals surface area contributed by atoms with Crippen molar-refractivity contribution in [2.75, 3.05) is 31.6 Å². The molecule has 0 bridgehead atoms. The van der Waals surface area contributed by atoms with Crippen molar-refractivity contribution in [3.8, 4) is 5.69 Å². The fraction of sp³-hybridized carbons (Fsp3) is 0.273. The molecule has 37 heavy (non-hydrogen) atoms. The number of likely N-dealkylation sites (N-methyl/N-ethyl adjacent to an activating group) is 1. The number of hydrogen-bond acceptors (Lipinski definition) is 10. The van der Waals surface area contributed by atoms with Crippen molar-refractivity contribution < 1.29 is 24.7 Å². The molecule has 0 amide bonds. The van der Waals surface area contributed by atoms with Crippen molar-refractivity contribution in [3.63, 3.8) is 0 Å². The third kappa shape index (κ3) is 4.42. The maximum Gasteiger partial charge on any atom is 0.341 e. The SMILES string of the molecule is C[C@@H]1CN(c2cc3c(cc2[N+](=O)[O-])c(=O)c(C(=O)O)cn3-c2ccc([N+](=O)[O-])cc2[N+](=O)[O-])CCN1C. The van der Waals surface area contributed by atoms with E-state index in [9.17, 15) is 45.0 Å². The molecule has 0 spiro atoms. The number of fused-ring (bicyclic) bond motifs is 1. The second kappa shape index (κ2) is 9.27. The van der Waals surface area contributed by atoms with E-state index < -0.39 is 48.8 Å². The van der Waals surface area contributed by atoms with Crippen LogP contribution >= 0.6 is 0 Å². The van der Waals surface area contributed by atoms with Crippen LogP contribution in [-0.4, -0.2) is 68.0 Å². The molecule has 1 aliphatic heterocycles. The number of carboxylic acid groups (broad SMARTS) is 1. The Labute approximate surface area is 207 Å². The van der Waals surface area contributed by atoms with Crippen LogP contribution < -0.4 is 10.3 Å². The summed E-state index contributed by atoms with van der Waals surface area (Å²) in [5, 5.41) is 44.2. The highest BCUT2D eigenvalue weighted by Gasteiger charge is 2.30. The molecule has 0 aliphatic carbocycles. The van der Waals surface area contributed by atoms with Gasteiger partial charge in [0.15, 0.2) is 0 Å². The lowest BCUT2D eigenvalue weighted by molar-refractivity contribution is -0.394. The number of pyridine rings is 1. The number of aromatic nitrogens is 1. The Kier molecular flexibility index (Phi) is 6.31. The second-order valence-corrected chi connectivity index (χ2v) is 8.63. The summed E-state index contributed by atoms with van der Waals surface area (Å²) in [6.45, 7) is 3.36. The van der Waals surface area contributed by atoms with Crippen molar-refractivity contribution in [2.24, 2.45) is 0 Å². The number of carboxylic acids is 1. The molecule has 2 aromatic carbocycles. The summed E-state index contributed by atoms with van der Waals surface area (Å²) in [5.74, 6) is -1.65. The Morgan fingerprint density at radius 1 is 0.973 bits per heavy atom. The second-order valence-electron chi connectivity index (χ2n) is 8.63. The standard InChI is InChI=1S/C22H20N6O9/c1-12-10-24(6-5-23(12)2)18-9-17-14(8-20(18)28(36)37)21(29)15(22(30)31)11-25(17)16-4-3-13(26(32)33)7-19(16)27(34)35/h3-4,7-9,11-12H,5-6,10H2,1-2H3,(H,30,31)/t12-/m1/s1. The van der Waals surface area contributed by atoms with Crippen molar-refractivity contribution in [1.82, 2.24) is 9.47 Å². The van der Waals surface area contributed by atoms with E-state index in [0.29, 0.717) is 25.7 Å². The molecular weight excluding hydrogens is 492 g/mol. The first-order valence-electron chi connectivity index (χ1n) is 10.9. The smallest absolute Gasteiger partial charge is 0.341 e. The van der Waals surface area contributed by atoms with Crippen LogP contribution in [0.15, 0.2) is 41.3 Å². The average molecular weight is 512 g/mol. The van der Waals surface area contributed by atoms with Gasteiger partial charge in [0.25, 0.3) is 17.1 Å². The van der Waals surface area contributed by atoms with Crippen molar-refractivity contribution >= 4 is 39.6 Å². The monoisotopic (exact) mass is 512 g/mol. The van der Waals surface area contributed by atoms with Crippen LogP contribution in [0.3, 0.4) is 0 Å². The van der Waals surface area contributed by atoms with Gasteiger partial charge in [-0.2, -0.15) is 0 Å². The molecule has 4 rings (SSSR count). The van der Waals surface area contributed by atoms with Gasteiger partial charge in [-0.25, -0.2) is 4.79 Å². The predicted octanol–water partition coefficient (Wildman–Crippen LogP) is 2.55. The molecule has 15 heteroatoms. The quantitative estimate of drug-likeness (QED) is 0.376. The molecule has 1 fully saturated rings. The molecule has 1 aromatic heterocycles. The van der Waals surface area contributed by atoms with Gasteiger partial charge in [-0.1, -0.05) is 0 Å². The van der Waals surface area contributed by atoms with Crippen LogP contribution in [0.25, 0.3) is 16.6 Å². The Morgan fingerprint density at radius 2 is 1.62 bits per heavy atom. The molecule has 1 N–H and O–H groups in total. The normalized spacial score (nSPS) is 16.1. The zero-order valence-corrected chi connectivity index (χ0v) is 19.6. The topological polar surface area (TPSA) is 195 Å². The van der Waals surface area contributed by atoms with E-state index >= 15 is 0 Å². The van der Waals surface area contributed by atoms with E-state index in [1.807, 2.05) is 14.0 Å². The summed E-state index contributed by atoms with van der Waals surface area (Å²) in [7, 11) is 1.91. The molecule has 0 saturated carbocycles. The molecule has 0 unspecified atom stereocenters. The summed E-state index contributed by atoms with van der Waals surface area (Å²) in [6, 6.07) is 5.11. The first-order valence-corrected chi connectivity index (χ1v) is 10.9. The Hall–Kier alpha value is -4.92. The van der Waals surface area contributed by atoms with Crippen molar-refractivity contribution in [2.45, 2.75) is 13.0 Å². The van der Waals surface area contributed by atoms with Gasteiger partial charge in [-0.15, -0.1) is 0 Å². The van der Waals surface area contributed by atoms with Crippen LogP contribution in [0.5, 0.6) is 0 Å². The minimum absolute atomic E-state index is 0.0286. The van der Waals surface area contributed by atoms with Gasteiger partial charge in [0.1, 0.15) is 16.9 Å². The summed E-state index contributed by atoms with van der Waals surface area (Å²) in [4.78, 5) is 61.3. The molecule has 2 heterocycles. The lowest BCUT2D eigenvalue weighted by Crippen LogP contribution is -2.50. The molecule has 1 aliphatic rings. The maximum absolute atomic E-state index is 13.0. The van der Waals surface area contributed by atoms with Gasteiger partial charge >= 0.3 is 5.97 Å². The number of anilines is 1. The molecule has 1 atom stereocenters. The van der Waals surface area contributed by atoms with Gasteiger partial charge in [0.2, 0.25) is 5.43 Å². The molecule has 192 valence electrons. The zero-order valence-electron chi connectivity index (χ0n) is 19.6. The number of nitrogens with zero attached hydrogens (tertiary/aromatic N) is 6. The molecule has 3 aromatic rings. The number of aromatic carboxylic acids is 1. The number of hydrogen-bond donors (Lipinski definition) is 1. The number of nitro benzene ring substituents is 3. The fourth-order valence-corrected chi connectivity index (χ4v) is 4.34. The van der Waals surface area contributed by atoms with Crippen molar-refractivity contribution in [1.29, 1.82) is 0 Å². The third-order valence-electron chi connectivity index (χ3n) is 6.45. The number of piperazine rings is 1. The summed E-state index contributed by atoms with van der Waals surface area (Å²) in [5.41, 5.74) is -3.63. The van der Waals surface area contributed by atoms with Crippen LogP contribution in [-0.2, 0) is 0 Å². The summed E-state index contributed by atoms with van der Waals surface area (Å²) < 4.78 is 1.05. The number of non-ortho nitro benzene ring substituents is 1. The summed E-state index contributed by atoms with van der Waals surface area (Å²) >= 11 is 0. The Bertz CT molecular complexity index is 1550. The molecule has 1 saturated heterocycles. The van der Waals surface area contributed by atoms with Gasteiger partial charge in [0.05, 0.1) is 31.7 Å². The van der Waals surface area contributed by atoms with Crippen LogP contribution in [0, 0.1) is 30.3 Å². The number of nitro groups is 3. The van der Waals surface area contributed by atoms with E-state index in [4.69, 9.17) is 0 Å². The largest absolute Gasteiger partial charge is 0.477 e.